The van der Waals surface area contributed by atoms with Crippen LogP contribution in [-0.4, -0.2) is 30.4 Å². The second kappa shape index (κ2) is 6.76. The summed E-state index contributed by atoms with van der Waals surface area (Å²) in [6, 6.07) is 8.47. The number of methoxy groups -OCH3 is 1. The van der Waals surface area contributed by atoms with Crippen LogP contribution in [0.1, 0.15) is 32.8 Å². The lowest BCUT2D eigenvalue weighted by molar-refractivity contribution is 0.157. The molecule has 3 heteroatoms. The summed E-state index contributed by atoms with van der Waals surface area (Å²) in [5, 5.41) is 12.9. The van der Waals surface area contributed by atoms with Crippen LogP contribution in [0.5, 0.6) is 5.75 Å². The molecule has 0 amide bonds. The van der Waals surface area contributed by atoms with Crippen LogP contribution in [0.3, 0.4) is 0 Å². The van der Waals surface area contributed by atoms with E-state index >= 15 is 0 Å². The molecular formula is C15H25NO2. The average Bonchev–Trinajstić information content (AvgIpc) is 2.36. The average molecular weight is 251 g/mol. The fourth-order valence-corrected chi connectivity index (χ4v) is 2.11. The molecule has 1 unspecified atom stereocenters. The van der Waals surface area contributed by atoms with E-state index in [9.17, 15) is 5.11 Å². The Morgan fingerprint density at radius 3 is 2.33 bits per heavy atom. The van der Waals surface area contributed by atoms with E-state index in [0.717, 1.165) is 18.6 Å². The van der Waals surface area contributed by atoms with E-state index in [1.165, 1.54) is 5.56 Å². The van der Waals surface area contributed by atoms with E-state index in [4.69, 9.17) is 4.74 Å². The predicted octanol–water partition coefficient (Wildman–Crippen LogP) is 2.38. The Bertz CT molecular complexity index is 348. The molecule has 0 aromatic heterocycles. The molecule has 0 aliphatic rings. The zero-order chi connectivity index (χ0) is 13.6. The minimum Gasteiger partial charge on any atom is -0.497 e. The van der Waals surface area contributed by atoms with Crippen molar-refractivity contribution in [1.82, 2.24) is 5.32 Å². The van der Waals surface area contributed by atoms with Gasteiger partial charge in [-0.15, -0.1) is 0 Å². The monoisotopic (exact) mass is 251 g/mol. The van der Waals surface area contributed by atoms with Crippen molar-refractivity contribution in [3.05, 3.63) is 29.8 Å². The van der Waals surface area contributed by atoms with Crippen LogP contribution in [0.15, 0.2) is 24.3 Å². The highest BCUT2D eigenvalue weighted by Crippen LogP contribution is 2.17. The molecule has 0 bridgehead atoms. The number of benzene rings is 1. The fraction of sp³-hybridized carbons (Fsp3) is 0.600. The lowest BCUT2D eigenvalue weighted by atomic mass is 9.93. The van der Waals surface area contributed by atoms with Crippen LogP contribution < -0.4 is 10.1 Å². The molecule has 0 saturated carbocycles. The van der Waals surface area contributed by atoms with Crippen LogP contribution in [0.4, 0.5) is 0 Å². The highest BCUT2D eigenvalue weighted by Gasteiger charge is 2.23. The van der Waals surface area contributed by atoms with Crippen LogP contribution in [-0.2, 0) is 6.42 Å². The maximum atomic E-state index is 9.51. The number of aliphatic hydroxyl groups is 1. The summed E-state index contributed by atoms with van der Waals surface area (Å²) < 4.78 is 5.14. The zero-order valence-electron chi connectivity index (χ0n) is 11.9. The van der Waals surface area contributed by atoms with Crippen molar-refractivity contribution in [3.63, 3.8) is 0 Å². The van der Waals surface area contributed by atoms with E-state index in [1.807, 2.05) is 12.1 Å². The van der Waals surface area contributed by atoms with Crippen molar-refractivity contribution in [2.75, 3.05) is 13.7 Å². The molecule has 0 spiro atoms. The number of aryl methyl sites for hydroxylation is 1. The van der Waals surface area contributed by atoms with Gasteiger partial charge in [0.25, 0.3) is 0 Å². The van der Waals surface area contributed by atoms with Gasteiger partial charge >= 0.3 is 0 Å². The molecule has 3 nitrogen and oxygen atoms in total. The summed E-state index contributed by atoms with van der Waals surface area (Å²) in [7, 11) is 1.67. The quantitative estimate of drug-likeness (QED) is 0.782. The third kappa shape index (κ3) is 4.67. The Morgan fingerprint density at radius 1 is 1.28 bits per heavy atom. The van der Waals surface area contributed by atoms with Gasteiger partial charge < -0.3 is 15.2 Å². The molecule has 0 aliphatic heterocycles. The topological polar surface area (TPSA) is 41.5 Å². The van der Waals surface area contributed by atoms with Gasteiger partial charge in [0.05, 0.1) is 13.7 Å². The first kappa shape index (κ1) is 15.0. The van der Waals surface area contributed by atoms with E-state index in [1.54, 1.807) is 7.11 Å². The Balaban J connectivity index is 2.56. The Labute approximate surface area is 110 Å². The number of rotatable bonds is 7. The summed E-state index contributed by atoms with van der Waals surface area (Å²) >= 11 is 0. The number of hydrogen-bond acceptors (Lipinski definition) is 3. The van der Waals surface area contributed by atoms with Crippen molar-refractivity contribution >= 4 is 0 Å². The molecule has 18 heavy (non-hydrogen) atoms. The zero-order valence-corrected chi connectivity index (χ0v) is 11.9. The number of hydrogen-bond donors (Lipinski definition) is 2. The van der Waals surface area contributed by atoms with Crippen molar-refractivity contribution < 1.29 is 9.84 Å². The Morgan fingerprint density at radius 2 is 1.89 bits per heavy atom. The van der Waals surface area contributed by atoms with E-state index < -0.39 is 0 Å². The standard InChI is InChI=1S/C15H25NO2/c1-12(2)16-15(3,11-17)10-9-13-5-7-14(18-4)8-6-13/h5-8,12,16-17H,9-11H2,1-4H3. The first-order chi connectivity index (χ1) is 8.49. The minimum absolute atomic E-state index is 0.154. The van der Waals surface area contributed by atoms with Crippen LogP contribution >= 0.6 is 0 Å². The van der Waals surface area contributed by atoms with Crippen molar-refractivity contribution in [2.45, 2.75) is 45.2 Å². The lowest BCUT2D eigenvalue weighted by Crippen LogP contribution is -2.49. The molecule has 0 heterocycles. The molecule has 1 aromatic rings. The second-order valence-corrected chi connectivity index (χ2v) is 5.37. The minimum atomic E-state index is -0.214. The van der Waals surface area contributed by atoms with Gasteiger partial charge in [-0.25, -0.2) is 0 Å². The van der Waals surface area contributed by atoms with E-state index in [2.05, 4.69) is 38.2 Å². The summed E-state index contributed by atoms with van der Waals surface area (Å²) in [6.07, 6.45) is 1.86. The Kier molecular flexibility index (Phi) is 5.63. The maximum absolute atomic E-state index is 9.51. The number of aliphatic hydroxyl groups excluding tert-OH is 1. The van der Waals surface area contributed by atoms with E-state index in [0.29, 0.717) is 6.04 Å². The molecule has 0 fully saturated rings. The van der Waals surface area contributed by atoms with Crippen LogP contribution in [0, 0.1) is 0 Å². The van der Waals surface area contributed by atoms with Gasteiger partial charge in [-0.2, -0.15) is 0 Å². The van der Waals surface area contributed by atoms with Gasteiger partial charge in [0.1, 0.15) is 5.75 Å². The second-order valence-electron chi connectivity index (χ2n) is 5.37. The van der Waals surface area contributed by atoms with Crippen LogP contribution in [0.2, 0.25) is 0 Å². The molecular weight excluding hydrogens is 226 g/mol. The van der Waals surface area contributed by atoms with Gasteiger partial charge in [0.2, 0.25) is 0 Å². The predicted molar refractivity (Wildman–Crippen MR) is 75.1 cm³/mol. The van der Waals surface area contributed by atoms with Crippen LogP contribution in [0.25, 0.3) is 0 Å². The van der Waals surface area contributed by atoms with Crippen molar-refractivity contribution in [3.8, 4) is 5.75 Å². The summed E-state index contributed by atoms with van der Waals surface area (Å²) in [6.45, 7) is 6.42. The SMILES string of the molecule is COc1ccc(CCC(C)(CO)NC(C)C)cc1. The van der Waals surface area contributed by atoms with Gasteiger partial charge in [-0.05, 0) is 37.5 Å². The molecule has 1 aromatic carbocycles. The van der Waals surface area contributed by atoms with Crippen molar-refractivity contribution in [1.29, 1.82) is 0 Å². The van der Waals surface area contributed by atoms with Gasteiger partial charge in [0.15, 0.2) is 0 Å². The molecule has 1 rings (SSSR count). The molecule has 1 atom stereocenters. The molecule has 102 valence electrons. The van der Waals surface area contributed by atoms with Crippen molar-refractivity contribution in [2.24, 2.45) is 0 Å². The third-order valence-electron chi connectivity index (χ3n) is 3.11. The summed E-state index contributed by atoms with van der Waals surface area (Å²) in [5.74, 6) is 0.879. The maximum Gasteiger partial charge on any atom is 0.118 e. The first-order valence-electron chi connectivity index (χ1n) is 6.50. The highest BCUT2D eigenvalue weighted by atomic mass is 16.5. The van der Waals surface area contributed by atoms with Gasteiger partial charge in [-0.3, -0.25) is 0 Å². The highest BCUT2D eigenvalue weighted by molar-refractivity contribution is 5.27. The van der Waals surface area contributed by atoms with Gasteiger partial charge in [-0.1, -0.05) is 26.0 Å². The molecule has 0 radical (unpaired) electrons. The summed E-state index contributed by atoms with van der Waals surface area (Å²) in [4.78, 5) is 0. The van der Waals surface area contributed by atoms with E-state index in [-0.39, 0.29) is 12.1 Å². The normalized spacial score (nSPS) is 14.6. The first-order valence-corrected chi connectivity index (χ1v) is 6.50. The third-order valence-corrected chi connectivity index (χ3v) is 3.11. The fourth-order valence-electron chi connectivity index (χ4n) is 2.11. The molecule has 2 N–H and O–H groups in total. The summed E-state index contributed by atoms with van der Waals surface area (Å²) in [5.41, 5.74) is 1.05. The Hall–Kier alpha value is -1.06. The number of nitrogens with one attached hydrogen (secondary N) is 1. The van der Waals surface area contributed by atoms with Gasteiger partial charge in [0, 0.05) is 11.6 Å². The smallest absolute Gasteiger partial charge is 0.118 e. The molecule has 0 saturated heterocycles. The molecule has 0 aliphatic carbocycles. The lowest BCUT2D eigenvalue weighted by Gasteiger charge is -2.31. The number of ether oxygens (including phenoxy) is 1. The largest absolute Gasteiger partial charge is 0.497 e.